The molecule has 0 aliphatic carbocycles. The maximum absolute atomic E-state index is 11.0. The average molecular weight is 251 g/mol. The number of alkyl halides is 1. The average Bonchev–Trinajstić information content (AvgIpc) is 2.09. The molecule has 0 spiro atoms. The minimum Gasteiger partial charge on any atom is -0.461 e. The second-order valence-electron chi connectivity index (χ2n) is 4.40. The van der Waals surface area contributed by atoms with Crippen molar-refractivity contribution in [2.24, 2.45) is 0 Å². The zero-order chi connectivity index (χ0) is 12.1. The second-order valence-corrected chi connectivity index (χ2v) is 9.53. The molecule has 0 saturated heterocycles. The van der Waals surface area contributed by atoms with Gasteiger partial charge in [0.25, 0.3) is 0 Å². The highest BCUT2D eigenvalue weighted by atomic mass is 35.5. The molecule has 0 aliphatic rings. The van der Waals surface area contributed by atoms with E-state index in [1.807, 2.05) is 0 Å². The molecule has 0 bridgehead atoms. The van der Waals surface area contributed by atoms with Gasteiger partial charge in [0, 0.05) is 5.57 Å². The molecular formula is C10H19ClO3Si. The highest BCUT2D eigenvalue weighted by Gasteiger charge is 2.17. The molecular weight excluding hydrogens is 232 g/mol. The van der Waals surface area contributed by atoms with Crippen molar-refractivity contribution < 1.29 is 14.0 Å². The minimum absolute atomic E-state index is 0.164. The molecule has 0 aliphatic heterocycles. The van der Waals surface area contributed by atoms with Crippen molar-refractivity contribution in [2.45, 2.75) is 31.9 Å². The van der Waals surface area contributed by atoms with Crippen LogP contribution >= 0.6 is 11.6 Å². The first kappa shape index (κ1) is 14.7. The summed E-state index contributed by atoms with van der Waals surface area (Å²) in [7, 11) is -1.54. The summed E-state index contributed by atoms with van der Waals surface area (Å²) in [6.07, 6.45) is 0. The number of halogens is 1. The van der Waals surface area contributed by atoms with Crippen LogP contribution in [0.25, 0.3) is 0 Å². The summed E-state index contributed by atoms with van der Waals surface area (Å²) in [6.45, 7) is 11.9. The van der Waals surface area contributed by atoms with Crippen LogP contribution in [0.2, 0.25) is 19.6 Å². The first-order chi connectivity index (χ1) is 6.72. The normalized spacial score (nSPS) is 13.4. The van der Waals surface area contributed by atoms with Gasteiger partial charge in [-0.25, -0.2) is 4.79 Å². The van der Waals surface area contributed by atoms with E-state index in [-0.39, 0.29) is 12.0 Å². The van der Waals surface area contributed by atoms with Crippen molar-refractivity contribution in [3.8, 4) is 0 Å². The third kappa shape index (κ3) is 8.66. The van der Waals surface area contributed by atoms with E-state index in [9.17, 15) is 4.79 Å². The number of hydrogen-bond acceptors (Lipinski definition) is 3. The minimum atomic E-state index is -1.54. The third-order valence-corrected chi connectivity index (χ3v) is 2.73. The van der Waals surface area contributed by atoms with E-state index in [1.165, 1.54) is 0 Å². The molecule has 0 aromatic heterocycles. The Labute approximate surface area is 97.5 Å². The Morgan fingerprint density at radius 3 is 2.33 bits per heavy atom. The fourth-order valence-corrected chi connectivity index (χ4v) is 1.61. The first-order valence-electron chi connectivity index (χ1n) is 4.83. The smallest absolute Gasteiger partial charge is 0.333 e. The predicted octanol–water partition coefficient (Wildman–Crippen LogP) is 2.56. The van der Waals surface area contributed by atoms with Gasteiger partial charge in [0.15, 0.2) is 8.32 Å². The SMILES string of the molecule is C=C(C)C(=O)OCC(Cl)CO[Si](C)(C)C. The predicted molar refractivity (Wildman–Crippen MR) is 64.7 cm³/mol. The lowest BCUT2D eigenvalue weighted by Gasteiger charge is -2.19. The topological polar surface area (TPSA) is 35.5 Å². The van der Waals surface area contributed by atoms with Gasteiger partial charge >= 0.3 is 5.97 Å². The van der Waals surface area contributed by atoms with Crippen molar-refractivity contribution >= 4 is 25.9 Å². The van der Waals surface area contributed by atoms with Crippen molar-refractivity contribution in [3.63, 3.8) is 0 Å². The van der Waals surface area contributed by atoms with Crippen LogP contribution in [0, 0.1) is 0 Å². The van der Waals surface area contributed by atoms with Crippen molar-refractivity contribution in [3.05, 3.63) is 12.2 Å². The molecule has 1 unspecified atom stereocenters. The number of ether oxygens (including phenoxy) is 1. The highest BCUT2D eigenvalue weighted by Crippen LogP contribution is 2.07. The van der Waals surface area contributed by atoms with E-state index in [1.54, 1.807) is 6.92 Å². The fraction of sp³-hybridized carbons (Fsp3) is 0.700. The molecule has 0 aromatic rings. The van der Waals surface area contributed by atoms with Gasteiger partial charge in [-0.3, -0.25) is 0 Å². The quantitative estimate of drug-likeness (QED) is 0.315. The molecule has 0 rings (SSSR count). The van der Waals surface area contributed by atoms with Gasteiger partial charge in [-0.15, -0.1) is 11.6 Å². The lowest BCUT2D eigenvalue weighted by Crippen LogP contribution is -2.30. The van der Waals surface area contributed by atoms with Crippen LogP contribution in [-0.4, -0.2) is 32.9 Å². The Balaban J connectivity index is 3.71. The summed E-state index contributed by atoms with van der Waals surface area (Å²) < 4.78 is 10.5. The van der Waals surface area contributed by atoms with Crippen LogP contribution in [0.15, 0.2) is 12.2 Å². The fourth-order valence-electron chi connectivity index (χ4n) is 0.678. The first-order valence-corrected chi connectivity index (χ1v) is 8.67. The van der Waals surface area contributed by atoms with Gasteiger partial charge in [0.1, 0.15) is 6.61 Å². The molecule has 0 aromatic carbocycles. The van der Waals surface area contributed by atoms with Gasteiger partial charge in [-0.2, -0.15) is 0 Å². The van der Waals surface area contributed by atoms with Crippen molar-refractivity contribution in [1.29, 1.82) is 0 Å². The Morgan fingerprint density at radius 1 is 1.40 bits per heavy atom. The molecule has 0 saturated carbocycles. The molecule has 0 amide bonds. The highest BCUT2D eigenvalue weighted by molar-refractivity contribution is 6.69. The maximum Gasteiger partial charge on any atom is 0.333 e. The van der Waals surface area contributed by atoms with E-state index in [0.29, 0.717) is 12.2 Å². The molecule has 3 nitrogen and oxygen atoms in total. The number of esters is 1. The van der Waals surface area contributed by atoms with E-state index in [0.717, 1.165) is 0 Å². The molecule has 0 N–H and O–H groups in total. The summed E-state index contributed by atoms with van der Waals surface area (Å²) in [5.74, 6) is -0.409. The lowest BCUT2D eigenvalue weighted by molar-refractivity contribution is -0.139. The number of carbonyl (C=O) groups is 1. The molecule has 5 heteroatoms. The zero-order valence-corrected chi connectivity index (χ0v) is 11.6. The summed E-state index contributed by atoms with van der Waals surface area (Å²) in [6, 6.07) is 0. The van der Waals surface area contributed by atoms with Gasteiger partial charge in [-0.1, -0.05) is 6.58 Å². The summed E-state index contributed by atoms with van der Waals surface area (Å²) in [5, 5.41) is -0.292. The maximum atomic E-state index is 11.0. The zero-order valence-electron chi connectivity index (χ0n) is 9.80. The van der Waals surface area contributed by atoms with Gasteiger partial charge < -0.3 is 9.16 Å². The molecule has 0 heterocycles. The standard InChI is InChI=1S/C10H19ClO3Si/c1-8(2)10(12)13-6-9(11)7-14-15(3,4)5/h9H,1,6-7H2,2-5H3. The second kappa shape index (κ2) is 6.30. The van der Waals surface area contributed by atoms with Gasteiger partial charge in [0.2, 0.25) is 0 Å². The van der Waals surface area contributed by atoms with E-state index in [4.69, 9.17) is 20.8 Å². The lowest BCUT2D eigenvalue weighted by atomic mass is 10.4. The molecule has 0 fully saturated rings. The van der Waals surface area contributed by atoms with Gasteiger partial charge in [-0.05, 0) is 26.6 Å². The Morgan fingerprint density at radius 2 is 1.93 bits per heavy atom. The van der Waals surface area contributed by atoms with Crippen LogP contribution in [0.3, 0.4) is 0 Å². The summed E-state index contributed by atoms with van der Waals surface area (Å²) in [5.41, 5.74) is 0.380. The van der Waals surface area contributed by atoms with E-state index < -0.39 is 14.3 Å². The largest absolute Gasteiger partial charge is 0.461 e. The van der Waals surface area contributed by atoms with Crippen LogP contribution in [0.5, 0.6) is 0 Å². The summed E-state index contributed by atoms with van der Waals surface area (Å²) >= 11 is 5.93. The van der Waals surface area contributed by atoms with Crippen LogP contribution in [0.1, 0.15) is 6.92 Å². The summed E-state index contributed by atoms with van der Waals surface area (Å²) in [4.78, 5) is 11.0. The monoisotopic (exact) mass is 250 g/mol. The molecule has 1 atom stereocenters. The molecule has 15 heavy (non-hydrogen) atoms. The third-order valence-electron chi connectivity index (χ3n) is 1.44. The van der Waals surface area contributed by atoms with Gasteiger partial charge in [0.05, 0.1) is 12.0 Å². The van der Waals surface area contributed by atoms with E-state index in [2.05, 4.69) is 26.2 Å². The van der Waals surface area contributed by atoms with Crippen LogP contribution in [0.4, 0.5) is 0 Å². The van der Waals surface area contributed by atoms with E-state index >= 15 is 0 Å². The molecule has 88 valence electrons. The van der Waals surface area contributed by atoms with Crippen molar-refractivity contribution in [1.82, 2.24) is 0 Å². The number of rotatable bonds is 6. The Kier molecular flexibility index (Phi) is 6.17. The molecule has 0 radical (unpaired) electrons. The number of carbonyl (C=O) groups excluding carboxylic acids is 1. The van der Waals surface area contributed by atoms with Crippen molar-refractivity contribution in [2.75, 3.05) is 13.2 Å². The Bertz CT molecular complexity index is 235. The van der Waals surface area contributed by atoms with Crippen LogP contribution < -0.4 is 0 Å². The van der Waals surface area contributed by atoms with Crippen LogP contribution in [-0.2, 0) is 14.0 Å². The number of hydrogen-bond donors (Lipinski definition) is 0. The Hall–Kier alpha value is -0.323.